The molecule has 35 heavy (non-hydrogen) atoms. The van der Waals surface area contributed by atoms with Gasteiger partial charge in [0.15, 0.2) is 0 Å². The van der Waals surface area contributed by atoms with Crippen molar-refractivity contribution >= 4 is 23.6 Å². The van der Waals surface area contributed by atoms with Gasteiger partial charge in [0.2, 0.25) is 11.8 Å². The monoisotopic (exact) mass is 492 g/mol. The third-order valence-electron chi connectivity index (χ3n) is 5.66. The van der Waals surface area contributed by atoms with Crippen LogP contribution in [0.15, 0.2) is 78.9 Å². The first-order valence-electron chi connectivity index (χ1n) is 11.9. The van der Waals surface area contributed by atoms with E-state index in [4.69, 9.17) is 0 Å². The number of carbonyl (C=O) groups excluding carboxylic acids is 2. The lowest BCUT2D eigenvalue weighted by Gasteiger charge is -2.31. The second-order valence-corrected chi connectivity index (χ2v) is 9.61. The van der Waals surface area contributed by atoms with Crippen molar-refractivity contribution in [1.82, 2.24) is 10.2 Å². The normalized spacial score (nSPS) is 11.6. The third kappa shape index (κ3) is 8.55. The number of nitrogens with zero attached hydrogens (tertiary/aromatic N) is 1. The van der Waals surface area contributed by atoms with Crippen molar-refractivity contribution < 1.29 is 14.0 Å². The molecule has 1 atom stereocenters. The zero-order valence-electron chi connectivity index (χ0n) is 20.4. The molecule has 0 aliphatic rings. The standard InChI is InChI=1S/C29H33FN2O2S/c1-3-16-31-29(34)27(18-23-9-5-4-6-10-23)32(19-24-12-14-26(30)15-13-24)28(33)21-35-20-25-11-7-8-22(2)17-25/h4-15,17,27H,3,16,18-21H2,1-2H3,(H,31,34)/t27-/m0/s1. The molecule has 0 aliphatic heterocycles. The van der Waals surface area contributed by atoms with Crippen LogP contribution < -0.4 is 5.32 Å². The Labute approximate surface area is 211 Å². The van der Waals surface area contributed by atoms with Gasteiger partial charge < -0.3 is 10.2 Å². The Balaban J connectivity index is 1.82. The predicted octanol–water partition coefficient (Wildman–Crippen LogP) is 5.53. The number of hydrogen-bond donors (Lipinski definition) is 1. The second-order valence-electron chi connectivity index (χ2n) is 8.63. The number of rotatable bonds is 12. The van der Waals surface area contributed by atoms with Crippen LogP contribution in [-0.4, -0.2) is 35.1 Å². The average Bonchev–Trinajstić information content (AvgIpc) is 2.86. The Kier molecular flexibility index (Phi) is 10.4. The molecule has 0 spiro atoms. The van der Waals surface area contributed by atoms with E-state index in [0.29, 0.717) is 18.7 Å². The van der Waals surface area contributed by atoms with Crippen LogP contribution in [0.4, 0.5) is 4.39 Å². The van der Waals surface area contributed by atoms with E-state index >= 15 is 0 Å². The molecule has 0 aromatic heterocycles. The summed E-state index contributed by atoms with van der Waals surface area (Å²) in [5.41, 5.74) is 4.11. The van der Waals surface area contributed by atoms with Gasteiger partial charge in [-0.1, -0.05) is 79.2 Å². The van der Waals surface area contributed by atoms with Crippen LogP contribution in [0.2, 0.25) is 0 Å². The number of hydrogen-bond acceptors (Lipinski definition) is 3. The van der Waals surface area contributed by atoms with Crippen molar-refractivity contribution in [1.29, 1.82) is 0 Å². The molecule has 184 valence electrons. The summed E-state index contributed by atoms with van der Waals surface area (Å²) >= 11 is 1.53. The summed E-state index contributed by atoms with van der Waals surface area (Å²) < 4.78 is 13.5. The van der Waals surface area contributed by atoms with Crippen LogP contribution in [0, 0.1) is 12.7 Å². The molecule has 0 heterocycles. The van der Waals surface area contributed by atoms with Gasteiger partial charge in [0.05, 0.1) is 5.75 Å². The van der Waals surface area contributed by atoms with Crippen molar-refractivity contribution in [3.8, 4) is 0 Å². The number of thioether (sulfide) groups is 1. The fraction of sp³-hybridized carbons (Fsp3) is 0.310. The van der Waals surface area contributed by atoms with Crippen LogP contribution in [0.3, 0.4) is 0 Å². The molecule has 2 amide bonds. The Morgan fingerprint density at radius 1 is 0.943 bits per heavy atom. The molecule has 4 nitrogen and oxygen atoms in total. The Hall–Kier alpha value is -3.12. The maximum atomic E-state index is 13.5. The van der Waals surface area contributed by atoms with Crippen LogP contribution in [-0.2, 0) is 28.3 Å². The van der Waals surface area contributed by atoms with Gasteiger partial charge in [0.25, 0.3) is 0 Å². The van der Waals surface area contributed by atoms with Crippen molar-refractivity contribution in [2.45, 2.75) is 45.0 Å². The van der Waals surface area contributed by atoms with Crippen molar-refractivity contribution in [2.75, 3.05) is 12.3 Å². The summed E-state index contributed by atoms with van der Waals surface area (Å²) in [6.45, 7) is 4.83. The van der Waals surface area contributed by atoms with E-state index in [-0.39, 0.29) is 29.9 Å². The first-order chi connectivity index (χ1) is 17.0. The molecular formula is C29H33FN2O2S. The minimum Gasteiger partial charge on any atom is -0.354 e. The molecule has 0 saturated carbocycles. The summed E-state index contributed by atoms with van der Waals surface area (Å²) in [6, 6.07) is 23.4. The molecule has 0 saturated heterocycles. The molecule has 0 bridgehead atoms. The molecule has 0 radical (unpaired) electrons. The Bertz CT molecular complexity index is 1090. The number of benzene rings is 3. The zero-order chi connectivity index (χ0) is 25.0. The second kappa shape index (κ2) is 13.7. The molecule has 1 N–H and O–H groups in total. The van der Waals surface area contributed by atoms with E-state index < -0.39 is 6.04 Å². The number of nitrogens with one attached hydrogen (secondary N) is 1. The Morgan fingerprint density at radius 2 is 1.66 bits per heavy atom. The maximum absolute atomic E-state index is 13.5. The minimum atomic E-state index is -0.666. The lowest BCUT2D eigenvalue weighted by atomic mass is 10.0. The van der Waals surface area contributed by atoms with Gasteiger partial charge in [-0.05, 0) is 42.2 Å². The molecule has 3 rings (SSSR count). The van der Waals surface area contributed by atoms with Crippen LogP contribution in [0.5, 0.6) is 0 Å². The lowest BCUT2D eigenvalue weighted by Crippen LogP contribution is -2.51. The van der Waals surface area contributed by atoms with Gasteiger partial charge in [0.1, 0.15) is 11.9 Å². The topological polar surface area (TPSA) is 49.4 Å². The highest BCUT2D eigenvalue weighted by molar-refractivity contribution is 7.99. The SMILES string of the molecule is CCCNC(=O)[C@H](Cc1ccccc1)N(Cc1ccc(F)cc1)C(=O)CSCc1cccc(C)c1. The molecule has 0 unspecified atom stereocenters. The average molecular weight is 493 g/mol. The largest absolute Gasteiger partial charge is 0.354 e. The van der Waals surface area contributed by atoms with Crippen molar-refractivity contribution in [2.24, 2.45) is 0 Å². The van der Waals surface area contributed by atoms with Crippen molar-refractivity contribution in [3.63, 3.8) is 0 Å². The fourth-order valence-corrected chi connectivity index (χ4v) is 4.71. The first kappa shape index (κ1) is 26.5. The molecule has 3 aromatic carbocycles. The van der Waals surface area contributed by atoms with E-state index in [2.05, 4.69) is 17.4 Å². The zero-order valence-corrected chi connectivity index (χ0v) is 21.2. The molecular weight excluding hydrogens is 459 g/mol. The van der Waals surface area contributed by atoms with Gasteiger partial charge in [-0.2, -0.15) is 0 Å². The summed E-state index contributed by atoms with van der Waals surface area (Å²) in [6.07, 6.45) is 1.22. The molecule has 0 aliphatic carbocycles. The number of amides is 2. The van der Waals surface area contributed by atoms with Crippen LogP contribution in [0.1, 0.15) is 35.6 Å². The number of carbonyl (C=O) groups is 2. The van der Waals surface area contributed by atoms with E-state index in [0.717, 1.165) is 23.1 Å². The van der Waals surface area contributed by atoms with Crippen molar-refractivity contribution in [3.05, 3.63) is 107 Å². The maximum Gasteiger partial charge on any atom is 0.243 e. The third-order valence-corrected chi connectivity index (χ3v) is 6.65. The van der Waals surface area contributed by atoms with Gasteiger partial charge in [-0.3, -0.25) is 9.59 Å². The first-order valence-corrected chi connectivity index (χ1v) is 13.1. The summed E-state index contributed by atoms with van der Waals surface area (Å²) in [5.74, 6) is 0.348. The van der Waals surface area contributed by atoms with E-state index in [1.165, 1.54) is 29.5 Å². The highest BCUT2D eigenvalue weighted by atomic mass is 32.2. The smallest absolute Gasteiger partial charge is 0.243 e. The van der Waals surface area contributed by atoms with E-state index in [1.807, 2.05) is 56.3 Å². The number of halogens is 1. The molecule has 0 fully saturated rings. The molecule has 3 aromatic rings. The van der Waals surface area contributed by atoms with Gasteiger partial charge >= 0.3 is 0 Å². The summed E-state index contributed by atoms with van der Waals surface area (Å²) in [7, 11) is 0. The number of aryl methyl sites for hydroxylation is 1. The summed E-state index contributed by atoms with van der Waals surface area (Å²) in [5, 5.41) is 2.97. The van der Waals surface area contributed by atoms with Gasteiger partial charge in [-0.15, -0.1) is 11.8 Å². The van der Waals surface area contributed by atoms with Crippen LogP contribution >= 0.6 is 11.8 Å². The summed E-state index contributed by atoms with van der Waals surface area (Å²) in [4.78, 5) is 28.4. The highest BCUT2D eigenvalue weighted by Gasteiger charge is 2.30. The highest BCUT2D eigenvalue weighted by Crippen LogP contribution is 2.19. The van der Waals surface area contributed by atoms with E-state index in [9.17, 15) is 14.0 Å². The fourth-order valence-electron chi connectivity index (χ4n) is 3.85. The quantitative estimate of drug-likeness (QED) is 0.362. The van der Waals surface area contributed by atoms with E-state index in [1.54, 1.807) is 17.0 Å². The van der Waals surface area contributed by atoms with Crippen LogP contribution in [0.25, 0.3) is 0 Å². The van der Waals surface area contributed by atoms with Gasteiger partial charge in [0, 0.05) is 25.3 Å². The minimum absolute atomic E-state index is 0.112. The van der Waals surface area contributed by atoms with Gasteiger partial charge in [-0.25, -0.2) is 4.39 Å². The molecule has 6 heteroatoms. The Morgan fingerprint density at radius 3 is 2.34 bits per heavy atom. The predicted molar refractivity (Wildman–Crippen MR) is 142 cm³/mol. The lowest BCUT2D eigenvalue weighted by molar-refractivity contribution is -0.139.